The zero-order valence-electron chi connectivity index (χ0n) is 29.3. The topological polar surface area (TPSA) is 147 Å². The monoisotopic (exact) mass is 760 g/mol. The third-order valence-corrected chi connectivity index (χ3v) is 9.54. The summed E-state index contributed by atoms with van der Waals surface area (Å²) in [5.41, 5.74) is 0.323. The van der Waals surface area contributed by atoms with Crippen LogP contribution in [0, 0.1) is 10.8 Å². The van der Waals surface area contributed by atoms with Crippen LogP contribution in [0.1, 0.15) is 89.6 Å². The summed E-state index contributed by atoms with van der Waals surface area (Å²) in [6, 6.07) is 8.51. The lowest BCUT2D eigenvalue weighted by Crippen LogP contribution is -2.47. The van der Waals surface area contributed by atoms with Crippen LogP contribution >= 0.6 is 11.6 Å². The largest absolute Gasteiger partial charge is 0.408 e. The Morgan fingerprint density at radius 2 is 1.81 bits per heavy atom. The lowest BCUT2D eigenvalue weighted by atomic mass is 9.75. The quantitative estimate of drug-likeness (QED) is 0.130. The second-order valence-electron chi connectivity index (χ2n) is 14.6. The van der Waals surface area contributed by atoms with Gasteiger partial charge in [0.1, 0.15) is 23.6 Å². The number of hydrogen-bond acceptors (Lipinski definition) is 7. The van der Waals surface area contributed by atoms with Gasteiger partial charge in [0.15, 0.2) is 11.8 Å². The van der Waals surface area contributed by atoms with Crippen molar-refractivity contribution in [1.82, 2.24) is 45.3 Å². The number of halogens is 6. The number of carbonyl (C=O) groups excluding carboxylic acids is 2. The van der Waals surface area contributed by atoms with Crippen LogP contribution in [0.2, 0.25) is 5.02 Å². The third-order valence-electron chi connectivity index (χ3n) is 9.21. The SMILES string of the molecule is C[C@H](NC(=O)CC[C@H](c1ccc(Cl)c(-c2ncnn2C(F)F)c1)N1C(=N)N[C@](CC(C)(C)C)(c2ccc(-c3cnn(C4CC4)n3)cc2)C1=O)C(F)(F)F. The number of guanidine groups is 1. The van der Waals surface area contributed by atoms with Crippen LogP contribution < -0.4 is 10.6 Å². The zero-order valence-corrected chi connectivity index (χ0v) is 30.0. The van der Waals surface area contributed by atoms with Crippen LogP contribution in [0.5, 0.6) is 0 Å². The molecule has 282 valence electrons. The molecule has 6 rings (SSSR count). The Bertz CT molecular complexity index is 2000. The van der Waals surface area contributed by atoms with Gasteiger partial charge in [-0.3, -0.25) is 19.9 Å². The predicted molar refractivity (Wildman–Crippen MR) is 185 cm³/mol. The van der Waals surface area contributed by atoms with Crippen molar-refractivity contribution in [3.8, 4) is 22.6 Å². The molecule has 1 aliphatic carbocycles. The highest BCUT2D eigenvalue weighted by Gasteiger charge is 2.54. The average Bonchev–Trinajstić information content (AvgIpc) is 3.49. The lowest BCUT2D eigenvalue weighted by Gasteiger charge is -2.35. The summed E-state index contributed by atoms with van der Waals surface area (Å²) in [6.45, 7) is 3.57. The van der Waals surface area contributed by atoms with Gasteiger partial charge in [0.05, 0.1) is 23.3 Å². The second-order valence-corrected chi connectivity index (χ2v) is 15.0. The van der Waals surface area contributed by atoms with Crippen LogP contribution in [0.25, 0.3) is 22.6 Å². The molecule has 3 heterocycles. The van der Waals surface area contributed by atoms with Crippen molar-refractivity contribution < 1.29 is 31.5 Å². The summed E-state index contributed by atoms with van der Waals surface area (Å²) in [7, 11) is 0. The fraction of sp³-hybridized carbons (Fsp3) is 0.457. The highest BCUT2D eigenvalue weighted by molar-refractivity contribution is 6.33. The molecule has 12 nitrogen and oxygen atoms in total. The van der Waals surface area contributed by atoms with Crippen molar-refractivity contribution in [2.45, 2.75) is 96.2 Å². The van der Waals surface area contributed by atoms with E-state index in [9.17, 15) is 31.5 Å². The molecule has 2 fully saturated rings. The molecular weight excluding hydrogens is 723 g/mol. The van der Waals surface area contributed by atoms with Crippen molar-refractivity contribution in [3.05, 3.63) is 71.1 Å². The van der Waals surface area contributed by atoms with E-state index in [1.54, 1.807) is 23.1 Å². The summed E-state index contributed by atoms with van der Waals surface area (Å²) >= 11 is 6.45. The first kappa shape index (κ1) is 37.8. The van der Waals surface area contributed by atoms with Crippen LogP contribution in [0.15, 0.2) is 55.0 Å². The molecule has 53 heavy (non-hydrogen) atoms. The molecular formula is C35H38ClF5N10O2. The average molecular weight is 761 g/mol. The molecule has 0 bridgehead atoms. The van der Waals surface area contributed by atoms with E-state index in [2.05, 4.69) is 25.6 Å². The Kier molecular flexibility index (Phi) is 10.1. The number of carbonyl (C=O) groups is 2. The van der Waals surface area contributed by atoms with Gasteiger partial charge in [0, 0.05) is 17.5 Å². The number of hydrogen-bond donors (Lipinski definition) is 3. The van der Waals surface area contributed by atoms with E-state index < -0.39 is 54.0 Å². The first-order valence-corrected chi connectivity index (χ1v) is 17.3. The predicted octanol–water partition coefficient (Wildman–Crippen LogP) is 7.17. The number of benzene rings is 2. The van der Waals surface area contributed by atoms with Gasteiger partial charge in [-0.15, -0.1) is 0 Å². The molecule has 0 spiro atoms. The fourth-order valence-electron chi connectivity index (χ4n) is 6.56. The summed E-state index contributed by atoms with van der Waals surface area (Å²) in [6.07, 6.45) is -0.542. The van der Waals surface area contributed by atoms with Crippen molar-refractivity contribution in [1.29, 1.82) is 5.41 Å². The molecule has 2 aromatic carbocycles. The molecule has 2 aromatic heterocycles. The van der Waals surface area contributed by atoms with Gasteiger partial charge in [-0.05, 0) is 61.3 Å². The molecule has 1 saturated heterocycles. The highest BCUT2D eigenvalue weighted by Crippen LogP contribution is 2.44. The van der Waals surface area contributed by atoms with E-state index in [1.165, 1.54) is 18.2 Å². The van der Waals surface area contributed by atoms with Gasteiger partial charge in [-0.2, -0.15) is 46.7 Å². The van der Waals surface area contributed by atoms with E-state index in [1.807, 2.05) is 38.2 Å². The Hall–Kier alpha value is -4.93. The molecule has 2 aliphatic rings. The molecule has 18 heteroatoms. The molecule has 1 saturated carbocycles. The molecule has 1 aliphatic heterocycles. The number of nitrogens with zero attached hydrogens (tertiary/aromatic N) is 7. The maximum absolute atomic E-state index is 14.9. The summed E-state index contributed by atoms with van der Waals surface area (Å²) < 4.78 is 67.8. The van der Waals surface area contributed by atoms with E-state index in [4.69, 9.17) is 17.0 Å². The van der Waals surface area contributed by atoms with Gasteiger partial charge in [-0.25, -0.2) is 4.98 Å². The summed E-state index contributed by atoms with van der Waals surface area (Å²) in [5.74, 6) is -2.08. The minimum Gasteiger partial charge on any atom is -0.345 e. The van der Waals surface area contributed by atoms with E-state index in [-0.39, 0.29) is 40.8 Å². The highest BCUT2D eigenvalue weighted by atomic mass is 35.5. The maximum atomic E-state index is 14.9. The molecule has 2 amide bonds. The summed E-state index contributed by atoms with van der Waals surface area (Å²) in [4.78, 5) is 34.6. The Morgan fingerprint density at radius 3 is 2.43 bits per heavy atom. The molecule has 0 unspecified atom stereocenters. The third kappa shape index (κ3) is 7.89. The van der Waals surface area contributed by atoms with Crippen molar-refractivity contribution in [2.75, 3.05) is 0 Å². The second kappa shape index (κ2) is 14.1. The number of alkyl halides is 5. The first-order chi connectivity index (χ1) is 24.9. The molecule has 0 radical (unpaired) electrons. The maximum Gasteiger partial charge on any atom is 0.408 e. The lowest BCUT2D eigenvalue weighted by molar-refractivity contribution is -0.158. The first-order valence-electron chi connectivity index (χ1n) is 16.9. The zero-order chi connectivity index (χ0) is 38.5. The van der Waals surface area contributed by atoms with E-state index >= 15 is 0 Å². The molecule has 4 aromatic rings. The van der Waals surface area contributed by atoms with Crippen molar-refractivity contribution in [3.63, 3.8) is 0 Å². The van der Waals surface area contributed by atoms with E-state index in [0.29, 0.717) is 22.0 Å². The van der Waals surface area contributed by atoms with E-state index in [0.717, 1.165) is 36.6 Å². The summed E-state index contributed by atoms with van der Waals surface area (Å²) in [5, 5.41) is 26.7. The minimum absolute atomic E-state index is 0.0272. The van der Waals surface area contributed by atoms with Crippen molar-refractivity contribution >= 4 is 29.4 Å². The fourth-order valence-corrected chi connectivity index (χ4v) is 6.77. The van der Waals surface area contributed by atoms with Crippen LogP contribution in [-0.4, -0.2) is 64.7 Å². The smallest absolute Gasteiger partial charge is 0.345 e. The Balaban J connectivity index is 1.39. The number of nitrogens with one attached hydrogen (secondary N) is 3. The standard InChI is InChI=1S/C35H38ClF5N10O2/c1-19(35(39,40)41)46-28(52)14-13-27(21-7-12-25(36)24(15-21)29-43-18-45-50(29)31(37)38)49-30(53)34(47-32(49)42,17-33(2,3)4)22-8-5-20(6-9-22)26-16-44-51(48-26)23-10-11-23/h5-9,12,15-16,18-19,23,27,31H,10-11,13-14,17H2,1-4H3,(H2,42,47)(H,46,52)/t19-,27+,34+/m0/s1. The van der Waals surface area contributed by atoms with Gasteiger partial charge in [0.2, 0.25) is 5.91 Å². The van der Waals surface area contributed by atoms with Crippen molar-refractivity contribution in [2.24, 2.45) is 5.41 Å². The minimum atomic E-state index is -4.69. The number of rotatable bonds is 12. The van der Waals surface area contributed by atoms with Crippen LogP contribution in [0.3, 0.4) is 0 Å². The molecule has 3 N–H and O–H groups in total. The van der Waals surface area contributed by atoms with Gasteiger partial charge < -0.3 is 10.6 Å². The Morgan fingerprint density at radius 1 is 1.11 bits per heavy atom. The van der Waals surface area contributed by atoms with Gasteiger partial charge >= 0.3 is 12.7 Å². The normalized spacial score (nSPS) is 19.1. The number of amides is 2. The van der Waals surface area contributed by atoms with Gasteiger partial charge in [0.25, 0.3) is 5.91 Å². The van der Waals surface area contributed by atoms with Crippen LogP contribution in [-0.2, 0) is 15.1 Å². The Labute approximate surface area is 306 Å². The number of aromatic nitrogens is 6. The van der Waals surface area contributed by atoms with Gasteiger partial charge in [-0.1, -0.05) is 62.7 Å². The molecule has 3 atom stereocenters. The van der Waals surface area contributed by atoms with Crippen LogP contribution in [0.4, 0.5) is 22.0 Å².